The number of carbonyl (C=O) groups is 1. The molecule has 0 spiro atoms. The summed E-state index contributed by atoms with van der Waals surface area (Å²) < 4.78 is 26.8. The summed E-state index contributed by atoms with van der Waals surface area (Å²) in [6, 6.07) is 1.40. The van der Waals surface area contributed by atoms with Crippen molar-refractivity contribution in [3.05, 3.63) is 30.1 Å². The van der Waals surface area contributed by atoms with E-state index in [1.165, 1.54) is 43.8 Å². The van der Waals surface area contributed by atoms with Gasteiger partial charge in [0.2, 0.25) is 10.0 Å². The van der Waals surface area contributed by atoms with Crippen molar-refractivity contribution >= 4 is 22.1 Å². The van der Waals surface area contributed by atoms with Crippen molar-refractivity contribution < 1.29 is 18.3 Å². The Morgan fingerprint density at radius 2 is 2.19 bits per heavy atom. The lowest BCUT2D eigenvalue weighted by molar-refractivity contribution is -0.131. The van der Waals surface area contributed by atoms with Crippen LogP contribution in [0.5, 0.6) is 0 Å². The Kier molecular flexibility index (Phi) is 5.08. The quantitative estimate of drug-likeness (QED) is 0.746. The minimum Gasteiger partial charge on any atom is -0.478 e. The van der Waals surface area contributed by atoms with Gasteiger partial charge in [-0.15, -0.1) is 0 Å². The number of carboxylic acid groups (broad SMARTS) is 1. The number of nitrogens with zero attached hydrogens (tertiary/aromatic N) is 1. The van der Waals surface area contributed by atoms with Gasteiger partial charge in [0.1, 0.15) is 4.90 Å². The first-order chi connectivity index (χ1) is 9.97. The highest BCUT2D eigenvalue weighted by molar-refractivity contribution is 7.89. The summed E-state index contributed by atoms with van der Waals surface area (Å²) in [7, 11) is -3.59. The minimum atomic E-state index is -3.59. The third-order valence-corrected chi connectivity index (χ3v) is 4.96. The number of aromatic nitrogens is 1. The molecule has 0 unspecified atom stereocenters. The number of hydrogen-bond donors (Lipinski definition) is 2. The van der Waals surface area contributed by atoms with Crippen molar-refractivity contribution in [2.24, 2.45) is 5.92 Å². The molecule has 1 aliphatic rings. The van der Waals surface area contributed by atoms with Crippen molar-refractivity contribution in [2.75, 3.05) is 6.54 Å². The van der Waals surface area contributed by atoms with Crippen LogP contribution in [0.3, 0.4) is 0 Å². The summed E-state index contributed by atoms with van der Waals surface area (Å²) in [5.41, 5.74) is 0.430. The molecule has 7 heteroatoms. The number of pyridine rings is 1. The smallest absolute Gasteiger partial charge is 0.328 e. The lowest BCUT2D eigenvalue weighted by atomic mass is 9.83. The molecular weight excluding hydrogens is 292 g/mol. The molecule has 21 heavy (non-hydrogen) atoms. The molecule has 0 saturated heterocycles. The Bertz CT molecular complexity index is 636. The first-order valence-corrected chi connectivity index (χ1v) is 8.31. The highest BCUT2D eigenvalue weighted by atomic mass is 32.2. The summed E-state index contributed by atoms with van der Waals surface area (Å²) in [6.07, 6.45) is 9.36. The average molecular weight is 310 g/mol. The number of nitrogens with one attached hydrogen (secondary N) is 1. The maximum Gasteiger partial charge on any atom is 0.328 e. The number of hydrogen-bond acceptors (Lipinski definition) is 4. The van der Waals surface area contributed by atoms with Gasteiger partial charge in [-0.25, -0.2) is 17.9 Å². The summed E-state index contributed by atoms with van der Waals surface area (Å²) in [5.74, 6) is -0.461. The van der Waals surface area contributed by atoms with Crippen LogP contribution in [-0.4, -0.2) is 31.0 Å². The van der Waals surface area contributed by atoms with Crippen LogP contribution in [-0.2, 0) is 14.8 Å². The van der Waals surface area contributed by atoms with E-state index >= 15 is 0 Å². The van der Waals surface area contributed by atoms with Crippen LogP contribution in [0, 0.1) is 5.92 Å². The molecule has 0 amide bonds. The van der Waals surface area contributed by atoms with Crippen LogP contribution < -0.4 is 4.72 Å². The summed E-state index contributed by atoms with van der Waals surface area (Å²) in [5, 5.41) is 8.56. The normalized spacial score (nSPS) is 16.0. The molecule has 1 aromatic heterocycles. The molecule has 2 N–H and O–H groups in total. The second kappa shape index (κ2) is 6.82. The maximum atomic E-state index is 12.1. The first kappa shape index (κ1) is 15.7. The Balaban J connectivity index is 2.01. The molecular formula is C14H18N2O4S. The van der Waals surface area contributed by atoms with Crippen molar-refractivity contribution in [1.29, 1.82) is 0 Å². The molecule has 0 aromatic carbocycles. The van der Waals surface area contributed by atoms with Gasteiger partial charge >= 0.3 is 5.97 Å². The third-order valence-electron chi connectivity index (χ3n) is 3.53. The van der Waals surface area contributed by atoms with E-state index in [9.17, 15) is 13.2 Å². The van der Waals surface area contributed by atoms with Crippen LogP contribution in [0.15, 0.2) is 29.4 Å². The molecule has 0 radical (unpaired) electrons. The van der Waals surface area contributed by atoms with Crippen molar-refractivity contribution in [2.45, 2.75) is 30.6 Å². The van der Waals surface area contributed by atoms with Gasteiger partial charge in [-0.2, -0.15) is 0 Å². The third kappa shape index (κ3) is 4.64. The van der Waals surface area contributed by atoms with E-state index in [-0.39, 0.29) is 4.90 Å². The van der Waals surface area contributed by atoms with Gasteiger partial charge in [0.05, 0.1) is 0 Å². The van der Waals surface area contributed by atoms with Crippen molar-refractivity contribution in [3.8, 4) is 0 Å². The van der Waals surface area contributed by atoms with E-state index < -0.39 is 16.0 Å². The molecule has 6 nitrogen and oxygen atoms in total. The molecule has 0 bridgehead atoms. The molecule has 0 atom stereocenters. The molecule has 1 aromatic rings. The lowest BCUT2D eigenvalue weighted by Gasteiger charge is -2.25. The molecule has 0 aliphatic heterocycles. The highest BCUT2D eigenvalue weighted by Crippen LogP contribution is 2.28. The molecule has 1 aliphatic carbocycles. The van der Waals surface area contributed by atoms with E-state index in [0.29, 0.717) is 18.0 Å². The van der Waals surface area contributed by atoms with Gasteiger partial charge in [0.15, 0.2) is 0 Å². The summed E-state index contributed by atoms with van der Waals surface area (Å²) in [6.45, 7) is 0.419. The van der Waals surface area contributed by atoms with Gasteiger partial charge in [-0.3, -0.25) is 4.98 Å². The predicted molar refractivity (Wildman–Crippen MR) is 78.1 cm³/mol. The number of rotatable bonds is 7. The van der Waals surface area contributed by atoms with Gasteiger partial charge < -0.3 is 5.11 Å². The second-order valence-corrected chi connectivity index (χ2v) is 6.88. The van der Waals surface area contributed by atoms with E-state index in [4.69, 9.17) is 5.11 Å². The minimum absolute atomic E-state index is 0.0450. The van der Waals surface area contributed by atoms with Crippen LogP contribution in [0.1, 0.15) is 31.2 Å². The molecule has 114 valence electrons. The van der Waals surface area contributed by atoms with E-state index in [0.717, 1.165) is 12.5 Å². The standard InChI is InChI=1S/C14H18N2O4S/c17-14(18)5-4-12-8-13(10-15-9-12)21(19,20)16-7-6-11-2-1-3-11/h4-5,8-11,16H,1-3,6-7H2,(H,17,18)/b5-4+. The molecule has 2 rings (SSSR count). The van der Waals surface area contributed by atoms with Crippen LogP contribution >= 0.6 is 0 Å². The molecule has 1 heterocycles. The average Bonchev–Trinajstić information content (AvgIpc) is 2.39. The van der Waals surface area contributed by atoms with Gasteiger partial charge in [0.25, 0.3) is 0 Å². The molecule has 1 saturated carbocycles. The fourth-order valence-corrected chi connectivity index (χ4v) is 3.15. The SMILES string of the molecule is O=C(O)/C=C/c1cncc(S(=O)(=O)NCCC2CCC2)c1. The number of sulfonamides is 1. The van der Waals surface area contributed by atoms with Crippen LogP contribution in [0.25, 0.3) is 6.08 Å². The predicted octanol–water partition coefficient (Wildman–Crippen LogP) is 1.65. The van der Waals surface area contributed by atoms with E-state index in [2.05, 4.69) is 9.71 Å². The second-order valence-electron chi connectivity index (χ2n) is 5.11. The van der Waals surface area contributed by atoms with Crippen molar-refractivity contribution in [1.82, 2.24) is 9.71 Å². The van der Waals surface area contributed by atoms with E-state index in [1.807, 2.05) is 0 Å². The van der Waals surface area contributed by atoms with Gasteiger partial charge in [-0.1, -0.05) is 19.3 Å². The monoisotopic (exact) mass is 310 g/mol. The van der Waals surface area contributed by atoms with Crippen LogP contribution in [0.4, 0.5) is 0 Å². The maximum absolute atomic E-state index is 12.1. The van der Waals surface area contributed by atoms with Crippen LogP contribution in [0.2, 0.25) is 0 Å². The Morgan fingerprint density at radius 1 is 1.43 bits per heavy atom. The summed E-state index contributed by atoms with van der Waals surface area (Å²) in [4.78, 5) is 14.3. The zero-order valence-electron chi connectivity index (χ0n) is 11.5. The summed E-state index contributed by atoms with van der Waals surface area (Å²) >= 11 is 0. The number of carboxylic acids is 1. The fourth-order valence-electron chi connectivity index (χ4n) is 2.10. The van der Waals surface area contributed by atoms with Crippen molar-refractivity contribution in [3.63, 3.8) is 0 Å². The largest absolute Gasteiger partial charge is 0.478 e. The first-order valence-electron chi connectivity index (χ1n) is 6.83. The zero-order chi connectivity index (χ0) is 15.3. The molecule has 1 fully saturated rings. The topological polar surface area (TPSA) is 96.4 Å². The fraction of sp³-hybridized carbons (Fsp3) is 0.429. The Morgan fingerprint density at radius 3 is 2.81 bits per heavy atom. The lowest BCUT2D eigenvalue weighted by Crippen LogP contribution is -2.27. The highest BCUT2D eigenvalue weighted by Gasteiger charge is 2.19. The van der Waals surface area contributed by atoms with Gasteiger partial charge in [0, 0.05) is 25.0 Å². The van der Waals surface area contributed by atoms with E-state index in [1.54, 1.807) is 0 Å². The Hall–Kier alpha value is -1.73. The Labute approximate surface area is 124 Å². The van der Waals surface area contributed by atoms with Gasteiger partial charge in [-0.05, 0) is 30.0 Å². The number of aliphatic carboxylic acids is 1. The zero-order valence-corrected chi connectivity index (χ0v) is 12.3.